The Bertz CT molecular complexity index is 1240. The number of hydrogen-bond acceptors (Lipinski definition) is 3. The van der Waals surface area contributed by atoms with E-state index in [1.807, 2.05) is 48.5 Å². The number of nitrogens with one attached hydrogen (secondary N) is 1. The zero-order chi connectivity index (χ0) is 22.7. The number of nitriles is 1. The molecule has 162 valence electrons. The van der Waals surface area contributed by atoms with Gasteiger partial charge in [0.1, 0.15) is 6.61 Å². The summed E-state index contributed by atoms with van der Waals surface area (Å²) < 4.78 is 5.54. The Morgan fingerprint density at radius 1 is 0.970 bits per heavy atom. The molecule has 0 spiro atoms. The van der Waals surface area contributed by atoms with E-state index in [0.29, 0.717) is 19.6 Å². The molecule has 0 heterocycles. The van der Waals surface area contributed by atoms with E-state index in [-0.39, 0.29) is 11.3 Å². The lowest BCUT2D eigenvalue weighted by molar-refractivity contribution is 0.143. The molecule has 0 radical (unpaired) electrons. The molecule has 2 aliphatic rings. The van der Waals surface area contributed by atoms with E-state index in [0.717, 1.165) is 24.0 Å². The lowest BCUT2D eigenvalue weighted by Crippen LogP contribution is -2.26. The molecule has 1 saturated carbocycles. The van der Waals surface area contributed by atoms with E-state index >= 15 is 0 Å². The van der Waals surface area contributed by atoms with Crippen molar-refractivity contribution < 1.29 is 9.53 Å². The Morgan fingerprint density at radius 3 is 2.21 bits per heavy atom. The first-order valence-corrected chi connectivity index (χ1v) is 11.3. The van der Waals surface area contributed by atoms with Crippen LogP contribution in [0.3, 0.4) is 0 Å². The number of carbonyl (C=O) groups is 1. The molecule has 0 bridgehead atoms. The van der Waals surface area contributed by atoms with Crippen molar-refractivity contribution >= 4 is 6.09 Å². The fourth-order valence-corrected chi connectivity index (χ4v) is 4.50. The summed E-state index contributed by atoms with van der Waals surface area (Å²) in [6.45, 7) is 0.737. The van der Waals surface area contributed by atoms with Crippen LogP contribution in [-0.4, -0.2) is 19.2 Å². The van der Waals surface area contributed by atoms with E-state index in [4.69, 9.17) is 4.74 Å². The lowest BCUT2D eigenvalue weighted by Gasteiger charge is -2.14. The van der Waals surface area contributed by atoms with Crippen LogP contribution in [0.25, 0.3) is 11.1 Å². The molecule has 3 aromatic rings. The molecular formula is C29H24N2O2. The highest BCUT2D eigenvalue weighted by atomic mass is 16.5. The molecule has 3 aromatic carbocycles. The average Bonchev–Trinajstić information content (AvgIpc) is 3.60. The first-order chi connectivity index (χ1) is 16.2. The first-order valence-electron chi connectivity index (χ1n) is 11.3. The van der Waals surface area contributed by atoms with Gasteiger partial charge in [-0.05, 0) is 52.8 Å². The molecule has 5 rings (SSSR count). The van der Waals surface area contributed by atoms with Gasteiger partial charge >= 0.3 is 6.09 Å². The number of carbonyl (C=O) groups excluding carboxylic acids is 1. The molecule has 1 amide bonds. The van der Waals surface area contributed by atoms with Gasteiger partial charge in [-0.25, -0.2) is 4.79 Å². The summed E-state index contributed by atoms with van der Waals surface area (Å²) in [6.07, 6.45) is 1.99. The minimum Gasteiger partial charge on any atom is -0.449 e. The number of nitrogens with zero attached hydrogens (tertiary/aromatic N) is 1. The van der Waals surface area contributed by atoms with Gasteiger partial charge in [-0.2, -0.15) is 5.26 Å². The Kier molecular flexibility index (Phi) is 5.59. The fourth-order valence-electron chi connectivity index (χ4n) is 4.50. The third kappa shape index (κ3) is 4.21. The van der Waals surface area contributed by atoms with Crippen LogP contribution in [0.2, 0.25) is 0 Å². The van der Waals surface area contributed by atoms with E-state index < -0.39 is 6.09 Å². The van der Waals surface area contributed by atoms with Crippen LogP contribution >= 0.6 is 0 Å². The largest absolute Gasteiger partial charge is 0.449 e. The maximum absolute atomic E-state index is 12.2. The van der Waals surface area contributed by atoms with Crippen LogP contribution in [0.5, 0.6) is 0 Å². The van der Waals surface area contributed by atoms with Crippen molar-refractivity contribution in [3.05, 3.63) is 95.1 Å². The Balaban J connectivity index is 1.10. The van der Waals surface area contributed by atoms with Crippen LogP contribution in [0, 0.1) is 23.2 Å². The van der Waals surface area contributed by atoms with Crippen molar-refractivity contribution in [2.75, 3.05) is 13.2 Å². The van der Waals surface area contributed by atoms with Gasteiger partial charge in [0, 0.05) is 24.4 Å². The van der Waals surface area contributed by atoms with Gasteiger partial charge in [0.15, 0.2) is 0 Å². The maximum atomic E-state index is 12.2. The van der Waals surface area contributed by atoms with Crippen LogP contribution in [-0.2, 0) is 10.2 Å². The van der Waals surface area contributed by atoms with Gasteiger partial charge in [0.2, 0.25) is 0 Å². The highest BCUT2D eigenvalue weighted by Crippen LogP contribution is 2.47. The predicted octanol–water partition coefficient (Wildman–Crippen LogP) is 5.52. The zero-order valence-corrected chi connectivity index (χ0v) is 18.3. The maximum Gasteiger partial charge on any atom is 0.407 e. The minimum atomic E-state index is -0.422. The molecule has 2 aliphatic carbocycles. The first kappa shape index (κ1) is 20.9. The number of fused-ring (bicyclic) bond motifs is 3. The second-order valence-corrected chi connectivity index (χ2v) is 8.58. The Morgan fingerprint density at radius 2 is 1.61 bits per heavy atom. The van der Waals surface area contributed by atoms with Crippen molar-refractivity contribution in [3.63, 3.8) is 0 Å². The van der Waals surface area contributed by atoms with E-state index in [1.54, 1.807) is 0 Å². The van der Waals surface area contributed by atoms with Crippen LogP contribution in [0.4, 0.5) is 4.79 Å². The molecule has 0 atom stereocenters. The number of alkyl carbamates (subject to hydrolysis) is 1. The molecule has 1 fully saturated rings. The number of ether oxygens (including phenoxy) is 1. The average molecular weight is 433 g/mol. The summed E-state index contributed by atoms with van der Waals surface area (Å²) in [6, 6.07) is 26.9. The molecule has 1 N–H and O–H groups in total. The fraction of sp³-hybridized carbons (Fsp3) is 0.241. The van der Waals surface area contributed by atoms with Crippen molar-refractivity contribution in [2.45, 2.75) is 30.6 Å². The molecular weight excluding hydrogens is 408 g/mol. The van der Waals surface area contributed by atoms with Crippen LogP contribution < -0.4 is 5.32 Å². The summed E-state index contributed by atoms with van der Waals surface area (Å²) in [5, 5.41) is 12.1. The summed E-state index contributed by atoms with van der Waals surface area (Å²) in [5.74, 6) is 6.25. The monoisotopic (exact) mass is 432 g/mol. The summed E-state index contributed by atoms with van der Waals surface area (Å²) in [4.78, 5) is 12.2. The van der Waals surface area contributed by atoms with Gasteiger partial charge in [-0.15, -0.1) is 0 Å². The van der Waals surface area contributed by atoms with Gasteiger partial charge in [0.05, 0.1) is 11.5 Å². The third-order valence-electron chi connectivity index (χ3n) is 6.50. The van der Waals surface area contributed by atoms with E-state index in [9.17, 15) is 10.1 Å². The number of hydrogen-bond donors (Lipinski definition) is 1. The molecule has 4 nitrogen and oxygen atoms in total. The minimum absolute atomic E-state index is 0.0572. The van der Waals surface area contributed by atoms with Crippen LogP contribution in [0.15, 0.2) is 72.8 Å². The highest BCUT2D eigenvalue weighted by molar-refractivity contribution is 5.79. The number of rotatable bonds is 5. The smallest absolute Gasteiger partial charge is 0.407 e. The second-order valence-electron chi connectivity index (χ2n) is 8.58. The van der Waals surface area contributed by atoms with E-state index in [1.165, 1.54) is 22.3 Å². The summed E-state index contributed by atoms with van der Waals surface area (Å²) in [7, 11) is 0. The molecule has 0 unspecified atom stereocenters. The summed E-state index contributed by atoms with van der Waals surface area (Å²) in [5.41, 5.74) is 6.55. The van der Waals surface area contributed by atoms with Crippen molar-refractivity contribution in [3.8, 4) is 29.0 Å². The molecule has 0 saturated heterocycles. The predicted molar refractivity (Wildman–Crippen MR) is 128 cm³/mol. The third-order valence-corrected chi connectivity index (χ3v) is 6.50. The number of benzene rings is 3. The highest BCUT2D eigenvalue weighted by Gasteiger charge is 2.44. The zero-order valence-electron chi connectivity index (χ0n) is 18.3. The van der Waals surface area contributed by atoms with Crippen molar-refractivity contribution in [1.82, 2.24) is 5.32 Å². The van der Waals surface area contributed by atoms with E-state index in [2.05, 4.69) is 47.5 Å². The van der Waals surface area contributed by atoms with Crippen molar-refractivity contribution in [2.24, 2.45) is 0 Å². The van der Waals surface area contributed by atoms with Crippen molar-refractivity contribution in [1.29, 1.82) is 5.26 Å². The van der Waals surface area contributed by atoms with Gasteiger partial charge in [-0.1, -0.05) is 72.5 Å². The van der Waals surface area contributed by atoms with Gasteiger partial charge in [0.25, 0.3) is 0 Å². The lowest BCUT2D eigenvalue weighted by atomic mass is 9.97. The molecule has 33 heavy (non-hydrogen) atoms. The second kappa shape index (κ2) is 8.85. The topological polar surface area (TPSA) is 62.1 Å². The van der Waals surface area contributed by atoms with Gasteiger partial charge < -0.3 is 10.1 Å². The molecule has 4 heteroatoms. The Hall–Kier alpha value is -4.02. The quantitative estimate of drug-likeness (QED) is 0.426. The standard InChI is InChI=1S/C29H24N2O2/c30-20-29(16-17-29)22-14-12-21(13-15-22)7-5-6-18-31-28(32)33-19-27-25-10-3-1-8-23(25)24-9-2-4-11-26(24)27/h1-4,8-15,27H,6,16-19H2,(H,31,32). The van der Waals surface area contributed by atoms with Crippen LogP contribution in [0.1, 0.15) is 47.4 Å². The Labute approximate surface area is 194 Å². The molecule has 0 aliphatic heterocycles. The normalized spacial score (nSPS) is 14.8. The SMILES string of the molecule is N#CC1(c2ccc(C#CCCNC(=O)OCC3c4ccccc4-c4ccccc43)cc2)CC1. The number of amides is 1. The summed E-state index contributed by atoms with van der Waals surface area (Å²) >= 11 is 0. The van der Waals surface area contributed by atoms with Gasteiger partial charge in [-0.3, -0.25) is 0 Å². The molecule has 0 aromatic heterocycles.